The molecule has 0 saturated carbocycles. The van der Waals surface area contributed by atoms with Crippen LogP contribution in [-0.2, 0) is 0 Å². The average molecular weight is 439 g/mol. The molecule has 0 aliphatic heterocycles. The Balaban J connectivity index is 1.88. The molecule has 0 atom stereocenters. The zero-order valence-corrected chi connectivity index (χ0v) is 20.4. The Hall–Kier alpha value is -3.90. The smallest absolute Gasteiger partial charge is 0.00987 e. The Labute approximate surface area is 203 Å². The Morgan fingerprint density at radius 2 is 0.529 bits per heavy atom. The van der Waals surface area contributed by atoms with E-state index >= 15 is 0 Å². The van der Waals surface area contributed by atoms with Crippen LogP contribution in [0.2, 0.25) is 0 Å². The lowest BCUT2D eigenvalue weighted by atomic mass is 9.85. The van der Waals surface area contributed by atoms with Crippen LogP contribution >= 0.6 is 0 Å². The number of rotatable bonds is 4. The summed E-state index contributed by atoms with van der Waals surface area (Å²) in [5, 5.41) is 0. The van der Waals surface area contributed by atoms with Crippen molar-refractivity contribution in [3.63, 3.8) is 0 Å². The van der Waals surface area contributed by atoms with Crippen molar-refractivity contribution in [3.05, 3.63) is 131 Å². The molecule has 0 N–H and O–H groups in total. The van der Waals surface area contributed by atoms with Gasteiger partial charge in [0, 0.05) is 0 Å². The molecule has 0 unspecified atom stereocenters. The Kier molecular flexibility index (Phi) is 5.90. The summed E-state index contributed by atoms with van der Waals surface area (Å²) in [6.07, 6.45) is 0. The first-order valence-corrected chi connectivity index (χ1v) is 11.9. The highest BCUT2D eigenvalue weighted by Gasteiger charge is 2.16. The molecule has 0 saturated heterocycles. The van der Waals surface area contributed by atoms with Gasteiger partial charge in [0.05, 0.1) is 0 Å². The van der Waals surface area contributed by atoms with E-state index in [-0.39, 0.29) is 0 Å². The van der Waals surface area contributed by atoms with E-state index < -0.39 is 0 Å². The Morgan fingerprint density at radius 3 is 0.735 bits per heavy atom. The predicted octanol–water partition coefficient (Wildman–Crippen LogP) is 9.59. The quantitative estimate of drug-likeness (QED) is 0.262. The molecule has 0 heterocycles. The maximum absolute atomic E-state index is 2.40. The van der Waals surface area contributed by atoms with Gasteiger partial charge in [-0.05, 0) is 84.3 Å². The minimum atomic E-state index is 1.25. The van der Waals surface area contributed by atoms with E-state index in [1.165, 1.54) is 66.8 Å². The predicted molar refractivity (Wildman–Crippen MR) is 147 cm³/mol. The third kappa shape index (κ3) is 4.45. The molecule has 0 aromatic heterocycles. The zero-order valence-electron chi connectivity index (χ0n) is 20.4. The lowest BCUT2D eigenvalue weighted by Gasteiger charge is -2.19. The molecule has 0 nitrogen and oxygen atoms in total. The number of hydrogen-bond acceptors (Lipinski definition) is 0. The highest BCUT2D eigenvalue weighted by molar-refractivity contribution is 5.95. The van der Waals surface area contributed by atoms with Gasteiger partial charge in [0.25, 0.3) is 0 Å². The van der Waals surface area contributed by atoms with E-state index in [1.807, 2.05) is 0 Å². The van der Waals surface area contributed by atoms with Gasteiger partial charge in [0.15, 0.2) is 0 Å². The van der Waals surface area contributed by atoms with E-state index in [9.17, 15) is 0 Å². The summed E-state index contributed by atoms with van der Waals surface area (Å²) in [6, 6.07) is 40.2. The molecule has 5 rings (SSSR count). The molecule has 0 heteroatoms. The summed E-state index contributed by atoms with van der Waals surface area (Å²) in [7, 11) is 0. The monoisotopic (exact) mass is 438 g/mol. The summed E-state index contributed by atoms with van der Waals surface area (Å²) in [5.74, 6) is 0. The van der Waals surface area contributed by atoms with Gasteiger partial charge in [-0.1, -0.05) is 119 Å². The van der Waals surface area contributed by atoms with Gasteiger partial charge in [0.2, 0.25) is 0 Å². The average Bonchev–Trinajstić information content (AvgIpc) is 2.83. The van der Waals surface area contributed by atoms with Gasteiger partial charge in [-0.15, -0.1) is 0 Å². The normalized spacial score (nSPS) is 10.9. The van der Waals surface area contributed by atoms with Gasteiger partial charge >= 0.3 is 0 Å². The van der Waals surface area contributed by atoms with E-state index in [2.05, 4.69) is 137 Å². The van der Waals surface area contributed by atoms with E-state index in [0.29, 0.717) is 0 Å². The zero-order chi connectivity index (χ0) is 23.7. The second-order valence-corrected chi connectivity index (χ2v) is 9.42. The largest absolute Gasteiger partial charge is 0.0614 e. The van der Waals surface area contributed by atoms with E-state index in [0.717, 1.165) is 0 Å². The van der Waals surface area contributed by atoms with Crippen LogP contribution in [0.3, 0.4) is 0 Å². The van der Waals surface area contributed by atoms with Crippen molar-refractivity contribution in [2.24, 2.45) is 0 Å². The maximum atomic E-state index is 2.40. The minimum Gasteiger partial charge on any atom is -0.0614 e. The molecule has 0 spiro atoms. The first kappa shape index (κ1) is 21.9. The van der Waals surface area contributed by atoms with Crippen molar-refractivity contribution < 1.29 is 0 Å². The fourth-order valence-electron chi connectivity index (χ4n) is 4.81. The van der Waals surface area contributed by atoms with Crippen LogP contribution in [-0.4, -0.2) is 0 Å². The van der Waals surface area contributed by atoms with E-state index in [1.54, 1.807) is 0 Å². The molecular formula is C34H30. The Morgan fingerprint density at radius 1 is 0.294 bits per heavy atom. The third-order valence-electron chi connectivity index (χ3n) is 6.47. The van der Waals surface area contributed by atoms with Crippen molar-refractivity contribution in [2.45, 2.75) is 27.7 Å². The summed E-state index contributed by atoms with van der Waals surface area (Å²) in [4.78, 5) is 0. The van der Waals surface area contributed by atoms with Gasteiger partial charge in [-0.2, -0.15) is 0 Å². The molecule has 5 aromatic rings. The molecule has 5 aromatic carbocycles. The van der Waals surface area contributed by atoms with Gasteiger partial charge < -0.3 is 0 Å². The molecule has 0 bridgehead atoms. The molecular weight excluding hydrogens is 408 g/mol. The molecule has 0 radical (unpaired) electrons. The van der Waals surface area contributed by atoms with Crippen LogP contribution in [0, 0.1) is 27.7 Å². The third-order valence-corrected chi connectivity index (χ3v) is 6.47. The summed E-state index contributed by atoms with van der Waals surface area (Å²) in [5.41, 5.74) is 15.2. The van der Waals surface area contributed by atoms with Crippen LogP contribution < -0.4 is 0 Å². The fraction of sp³-hybridized carbons (Fsp3) is 0.118. The van der Waals surface area contributed by atoms with Gasteiger partial charge in [-0.3, -0.25) is 0 Å². The molecule has 0 fully saturated rings. The lowest BCUT2D eigenvalue weighted by molar-refractivity contribution is 1.43. The number of aryl methyl sites for hydroxylation is 4. The van der Waals surface area contributed by atoms with Crippen molar-refractivity contribution in [3.8, 4) is 44.5 Å². The van der Waals surface area contributed by atoms with Crippen LogP contribution in [0.25, 0.3) is 44.5 Å². The number of benzene rings is 5. The van der Waals surface area contributed by atoms with Crippen molar-refractivity contribution >= 4 is 0 Å². The molecule has 0 aliphatic rings. The van der Waals surface area contributed by atoms with Crippen LogP contribution in [0.4, 0.5) is 0 Å². The minimum absolute atomic E-state index is 1.25. The molecule has 0 amide bonds. The first-order valence-electron chi connectivity index (χ1n) is 11.9. The van der Waals surface area contributed by atoms with Crippen LogP contribution in [0.1, 0.15) is 22.3 Å². The summed E-state index contributed by atoms with van der Waals surface area (Å²) >= 11 is 0. The van der Waals surface area contributed by atoms with Gasteiger partial charge in [0.1, 0.15) is 0 Å². The second-order valence-electron chi connectivity index (χ2n) is 9.42. The highest BCUT2D eigenvalue weighted by atomic mass is 14.2. The maximum Gasteiger partial charge on any atom is -0.00987 e. The number of hydrogen-bond donors (Lipinski definition) is 0. The first-order chi connectivity index (χ1) is 16.5. The van der Waals surface area contributed by atoms with Crippen molar-refractivity contribution in [2.75, 3.05) is 0 Å². The Bertz CT molecular complexity index is 1260. The highest BCUT2D eigenvalue weighted by Crippen LogP contribution is 2.42. The molecule has 34 heavy (non-hydrogen) atoms. The fourth-order valence-corrected chi connectivity index (χ4v) is 4.81. The van der Waals surface area contributed by atoms with Crippen molar-refractivity contribution in [1.29, 1.82) is 0 Å². The van der Waals surface area contributed by atoms with Gasteiger partial charge in [-0.25, -0.2) is 0 Å². The second kappa shape index (κ2) is 9.15. The molecule has 0 aliphatic carbocycles. The van der Waals surface area contributed by atoms with E-state index in [4.69, 9.17) is 0 Å². The molecule has 166 valence electrons. The summed E-state index contributed by atoms with van der Waals surface area (Å²) < 4.78 is 0. The van der Waals surface area contributed by atoms with Crippen LogP contribution in [0.5, 0.6) is 0 Å². The standard InChI is InChI=1S/C34H30/c1-23-9-5-13-27(17-23)31-21-33(29-15-7-11-25(3)19-29)34(30-16-8-12-26(4)20-30)22-32(31)28-14-6-10-24(2)18-28/h5-22H,1-4H3. The topological polar surface area (TPSA) is 0 Å². The lowest BCUT2D eigenvalue weighted by Crippen LogP contribution is -1.93. The van der Waals surface area contributed by atoms with Crippen LogP contribution in [0.15, 0.2) is 109 Å². The SMILES string of the molecule is Cc1cccc(-c2cc(-c3cccc(C)c3)c(-c3cccc(C)c3)cc2-c2cccc(C)c2)c1. The van der Waals surface area contributed by atoms with Crippen molar-refractivity contribution in [1.82, 2.24) is 0 Å². The summed E-state index contributed by atoms with van der Waals surface area (Å²) in [6.45, 7) is 8.66.